The lowest BCUT2D eigenvalue weighted by molar-refractivity contribution is -0.126. The molecule has 1 N–H and O–H groups in total. The molecular weight excluding hydrogens is 325 g/mol. The second-order valence-electron chi connectivity index (χ2n) is 5.82. The fraction of sp³-hybridized carbons (Fsp3) is 0.222. The topological polar surface area (TPSA) is 49.0 Å². The van der Waals surface area contributed by atoms with E-state index in [1.54, 1.807) is 23.5 Å². The minimum absolute atomic E-state index is 0.0162. The van der Waals surface area contributed by atoms with E-state index in [0.717, 1.165) is 29.1 Å². The van der Waals surface area contributed by atoms with Crippen molar-refractivity contribution in [3.63, 3.8) is 0 Å². The summed E-state index contributed by atoms with van der Waals surface area (Å²) in [6.45, 7) is 0.712. The van der Waals surface area contributed by atoms with E-state index in [-0.39, 0.29) is 17.8 Å². The third-order valence-electron chi connectivity index (χ3n) is 4.25. The maximum absolute atomic E-state index is 13.3. The fourth-order valence-electron chi connectivity index (χ4n) is 3.11. The number of aromatic amines is 1. The van der Waals surface area contributed by atoms with Gasteiger partial charge in [-0.15, -0.1) is 11.3 Å². The van der Waals surface area contributed by atoms with Crippen LogP contribution in [0.15, 0.2) is 41.8 Å². The van der Waals surface area contributed by atoms with Gasteiger partial charge in [-0.2, -0.15) is 0 Å². The highest BCUT2D eigenvalue weighted by Gasteiger charge is 2.31. The van der Waals surface area contributed by atoms with Gasteiger partial charge in [0.25, 0.3) is 0 Å². The predicted molar refractivity (Wildman–Crippen MR) is 93.1 cm³/mol. The lowest BCUT2D eigenvalue weighted by Crippen LogP contribution is -2.29. The largest absolute Gasteiger partial charge is 0.340 e. The Morgan fingerprint density at radius 2 is 2.33 bits per heavy atom. The van der Waals surface area contributed by atoms with Gasteiger partial charge < -0.3 is 9.88 Å². The molecule has 1 atom stereocenters. The molecule has 1 amide bonds. The van der Waals surface area contributed by atoms with Gasteiger partial charge in [0, 0.05) is 17.5 Å². The minimum atomic E-state index is -0.295. The van der Waals surface area contributed by atoms with Crippen molar-refractivity contribution in [1.29, 1.82) is 0 Å². The van der Waals surface area contributed by atoms with Gasteiger partial charge in [-0.05, 0) is 48.6 Å². The summed E-state index contributed by atoms with van der Waals surface area (Å²) in [7, 11) is 0. The van der Waals surface area contributed by atoms with Crippen molar-refractivity contribution < 1.29 is 9.18 Å². The third kappa shape index (κ3) is 2.85. The molecule has 1 fully saturated rings. The van der Waals surface area contributed by atoms with E-state index in [4.69, 9.17) is 0 Å². The molecule has 122 valence electrons. The van der Waals surface area contributed by atoms with Gasteiger partial charge in [0.1, 0.15) is 11.6 Å². The summed E-state index contributed by atoms with van der Waals surface area (Å²) in [6.07, 6.45) is 5.26. The van der Waals surface area contributed by atoms with E-state index >= 15 is 0 Å². The Kier molecular flexibility index (Phi) is 3.90. The van der Waals surface area contributed by atoms with Crippen molar-refractivity contribution in [2.24, 2.45) is 0 Å². The summed E-state index contributed by atoms with van der Waals surface area (Å²) in [6, 6.07) is 8.34. The fourth-order valence-corrected chi connectivity index (χ4v) is 3.73. The second-order valence-corrected chi connectivity index (χ2v) is 6.80. The average molecular weight is 341 g/mol. The van der Waals surface area contributed by atoms with Crippen LogP contribution < -0.4 is 0 Å². The molecule has 6 heteroatoms. The SMILES string of the molecule is O=C(/C=C/c1cccs1)N1CCCC1c1nc2ccc(F)cc2[nH]1. The molecule has 0 aliphatic carbocycles. The molecule has 4 rings (SSSR count). The van der Waals surface area contributed by atoms with Gasteiger partial charge >= 0.3 is 0 Å². The number of fused-ring (bicyclic) bond motifs is 1. The number of H-pyrrole nitrogens is 1. The number of hydrogen-bond acceptors (Lipinski definition) is 3. The summed E-state index contributed by atoms with van der Waals surface area (Å²) in [4.78, 5) is 23.1. The average Bonchev–Trinajstić information content (AvgIpc) is 3.30. The summed E-state index contributed by atoms with van der Waals surface area (Å²) in [5.41, 5.74) is 1.39. The highest BCUT2D eigenvalue weighted by molar-refractivity contribution is 7.10. The molecule has 4 nitrogen and oxygen atoms in total. The number of imidazole rings is 1. The number of amides is 1. The number of halogens is 1. The van der Waals surface area contributed by atoms with Crippen LogP contribution in [-0.2, 0) is 4.79 Å². The Hall–Kier alpha value is -2.47. The molecule has 1 aliphatic rings. The van der Waals surface area contributed by atoms with Crippen LogP contribution in [0.3, 0.4) is 0 Å². The number of carbonyl (C=O) groups is 1. The summed E-state index contributed by atoms with van der Waals surface area (Å²) < 4.78 is 13.3. The number of nitrogens with zero attached hydrogens (tertiary/aromatic N) is 2. The van der Waals surface area contributed by atoms with Gasteiger partial charge in [-0.25, -0.2) is 9.37 Å². The number of likely N-dealkylation sites (tertiary alicyclic amines) is 1. The van der Waals surface area contributed by atoms with E-state index in [1.807, 2.05) is 28.5 Å². The van der Waals surface area contributed by atoms with E-state index in [0.29, 0.717) is 12.1 Å². The standard InChI is InChI=1S/C18H16FN3OS/c19-12-5-7-14-15(11-12)21-18(20-14)16-4-1-9-22(16)17(23)8-6-13-3-2-10-24-13/h2-3,5-8,10-11,16H,1,4,9H2,(H,20,21)/b8-6+. The van der Waals surface area contributed by atoms with Gasteiger partial charge in [0.15, 0.2) is 0 Å². The van der Waals surface area contributed by atoms with Crippen LogP contribution in [-0.4, -0.2) is 27.3 Å². The van der Waals surface area contributed by atoms with Crippen LogP contribution in [0.2, 0.25) is 0 Å². The normalized spacial score (nSPS) is 18.0. The number of rotatable bonds is 3. The van der Waals surface area contributed by atoms with Crippen molar-refractivity contribution in [2.75, 3.05) is 6.54 Å². The monoisotopic (exact) mass is 341 g/mol. The number of benzene rings is 1. The van der Waals surface area contributed by atoms with Gasteiger partial charge in [0.2, 0.25) is 5.91 Å². The zero-order valence-electron chi connectivity index (χ0n) is 12.9. The first kappa shape index (κ1) is 15.1. The summed E-state index contributed by atoms with van der Waals surface area (Å²) >= 11 is 1.60. The van der Waals surface area contributed by atoms with Crippen LogP contribution in [0.5, 0.6) is 0 Å². The summed E-state index contributed by atoms with van der Waals surface area (Å²) in [5.74, 6) is 0.416. The maximum atomic E-state index is 13.3. The lowest BCUT2D eigenvalue weighted by atomic mass is 10.2. The molecule has 0 radical (unpaired) electrons. The quantitative estimate of drug-likeness (QED) is 0.728. The van der Waals surface area contributed by atoms with Gasteiger partial charge in [0.05, 0.1) is 17.1 Å². The van der Waals surface area contributed by atoms with Gasteiger partial charge in [-0.3, -0.25) is 4.79 Å². The molecule has 0 spiro atoms. The molecule has 2 aromatic heterocycles. The van der Waals surface area contributed by atoms with Crippen LogP contribution in [0, 0.1) is 5.82 Å². The first-order valence-electron chi connectivity index (χ1n) is 7.88. The van der Waals surface area contributed by atoms with Crippen LogP contribution in [0.4, 0.5) is 4.39 Å². The molecule has 24 heavy (non-hydrogen) atoms. The Bertz CT molecular complexity index is 900. The maximum Gasteiger partial charge on any atom is 0.247 e. The molecule has 1 saturated heterocycles. The van der Waals surface area contributed by atoms with E-state index in [9.17, 15) is 9.18 Å². The van der Waals surface area contributed by atoms with Crippen molar-refractivity contribution >= 4 is 34.4 Å². The Morgan fingerprint density at radius 1 is 1.42 bits per heavy atom. The van der Waals surface area contributed by atoms with E-state index < -0.39 is 0 Å². The molecule has 1 aliphatic heterocycles. The number of aromatic nitrogens is 2. The first-order chi connectivity index (χ1) is 11.7. The molecule has 1 unspecified atom stereocenters. The minimum Gasteiger partial charge on any atom is -0.340 e. The van der Waals surface area contributed by atoms with Crippen molar-refractivity contribution in [1.82, 2.24) is 14.9 Å². The number of nitrogens with one attached hydrogen (secondary N) is 1. The molecule has 0 saturated carbocycles. The highest BCUT2D eigenvalue weighted by Crippen LogP contribution is 2.31. The summed E-state index contributed by atoms with van der Waals surface area (Å²) in [5, 5.41) is 1.98. The van der Waals surface area contributed by atoms with Gasteiger partial charge in [-0.1, -0.05) is 6.07 Å². The number of hydrogen-bond donors (Lipinski definition) is 1. The number of carbonyl (C=O) groups excluding carboxylic acids is 1. The smallest absolute Gasteiger partial charge is 0.247 e. The molecule has 3 aromatic rings. The van der Waals surface area contributed by atoms with Crippen molar-refractivity contribution in [3.8, 4) is 0 Å². The lowest BCUT2D eigenvalue weighted by Gasteiger charge is -2.21. The second kappa shape index (κ2) is 6.20. The van der Waals surface area contributed by atoms with Crippen LogP contribution >= 0.6 is 11.3 Å². The van der Waals surface area contributed by atoms with Crippen molar-refractivity contribution in [3.05, 3.63) is 58.3 Å². The van der Waals surface area contributed by atoms with Crippen LogP contribution in [0.25, 0.3) is 17.1 Å². The predicted octanol–water partition coefficient (Wildman–Crippen LogP) is 4.14. The first-order valence-corrected chi connectivity index (χ1v) is 8.76. The third-order valence-corrected chi connectivity index (χ3v) is 5.08. The van der Waals surface area contributed by atoms with Crippen molar-refractivity contribution in [2.45, 2.75) is 18.9 Å². The molecule has 0 bridgehead atoms. The van der Waals surface area contributed by atoms with Crippen LogP contribution in [0.1, 0.15) is 29.6 Å². The Labute approximate surface area is 142 Å². The molecule has 1 aromatic carbocycles. The van der Waals surface area contributed by atoms with E-state index in [2.05, 4.69) is 9.97 Å². The molecular formula is C18H16FN3OS. The zero-order chi connectivity index (χ0) is 16.5. The Morgan fingerprint density at radius 3 is 3.17 bits per heavy atom. The molecule has 3 heterocycles. The Balaban J connectivity index is 1.58. The van der Waals surface area contributed by atoms with E-state index in [1.165, 1.54) is 12.1 Å². The highest BCUT2D eigenvalue weighted by atomic mass is 32.1. The zero-order valence-corrected chi connectivity index (χ0v) is 13.7. The number of thiophene rings is 1.